The van der Waals surface area contributed by atoms with E-state index in [2.05, 4.69) is 10.6 Å². The Morgan fingerprint density at radius 2 is 1.80 bits per heavy atom. The molecular weight excluding hydrogens is 344 g/mol. The third-order valence-corrected chi connectivity index (χ3v) is 3.73. The maximum atomic E-state index is 12.1. The molecule has 0 radical (unpaired) electrons. The summed E-state index contributed by atoms with van der Waals surface area (Å²) in [4.78, 5) is 24.2. The van der Waals surface area contributed by atoms with E-state index in [4.69, 9.17) is 21.1 Å². The van der Waals surface area contributed by atoms with Crippen molar-refractivity contribution < 1.29 is 19.1 Å². The number of nitrogens with one attached hydrogen (secondary N) is 2. The van der Waals surface area contributed by atoms with Gasteiger partial charge in [-0.15, -0.1) is 0 Å². The molecule has 0 spiro atoms. The fraction of sp³-hybridized carbons (Fsp3) is 0.222. The van der Waals surface area contributed by atoms with Crippen molar-refractivity contribution in [2.75, 3.05) is 26.1 Å². The highest BCUT2D eigenvalue weighted by molar-refractivity contribution is 6.32. The minimum Gasteiger partial charge on any atom is -0.495 e. The second-order valence-corrected chi connectivity index (χ2v) is 5.69. The van der Waals surface area contributed by atoms with Crippen molar-refractivity contribution in [1.82, 2.24) is 5.32 Å². The largest absolute Gasteiger partial charge is 0.495 e. The Morgan fingerprint density at radius 3 is 2.44 bits per heavy atom. The first-order valence-corrected chi connectivity index (χ1v) is 7.88. The Morgan fingerprint density at radius 1 is 1.08 bits per heavy atom. The summed E-state index contributed by atoms with van der Waals surface area (Å²) in [7, 11) is 2.96. The maximum absolute atomic E-state index is 12.1. The Labute approximate surface area is 151 Å². The number of hydrogen-bond acceptors (Lipinski definition) is 4. The summed E-state index contributed by atoms with van der Waals surface area (Å²) in [5.41, 5.74) is 1.86. The lowest BCUT2D eigenvalue weighted by Gasteiger charge is -2.13. The number of ether oxygens (including phenoxy) is 2. The van der Waals surface area contributed by atoms with Gasteiger partial charge in [-0.3, -0.25) is 9.59 Å². The Bertz CT molecular complexity index is 793. The molecule has 0 unspecified atom stereocenters. The van der Waals surface area contributed by atoms with E-state index in [1.54, 1.807) is 24.3 Å². The number of anilines is 1. The molecule has 2 rings (SSSR count). The SMILES string of the molecule is COc1cc(OC)c(NC(=O)CNC(=O)c2cccc(C)c2)cc1Cl. The van der Waals surface area contributed by atoms with Gasteiger partial charge in [0.1, 0.15) is 11.5 Å². The summed E-state index contributed by atoms with van der Waals surface area (Å²) in [6.45, 7) is 1.71. The van der Waals surface area contributed by atoms with Gasteiger partial charge in [-0.05, 0) is 25.1 Å². The van der Waals surface area contributed by atoms with E-state index in [9.17, 15) is 9.59 Å². The summed E-state index contributed by atoms with van der Waals surface area (Å²) >= 11 is 6.06. The smallest absolute Gasteiger partial charge is 0.251 e. The van der Waals surface area contributed by atoms with Crippen LogP contribution in [0.3, 0.4) is 0 Å². The van der Waals surface area contributed by atoms with Crippen LogP contribution in [0.25, 0.3) is 0 Å². The fourth-order valence-electron chi connectivity index (χ4n) is 2.20. The van der Waals surface area contributed by atoms with Crippen LogP contribution < -0.4 is 20.1 Å². The molecule has 0 fully saturated rings. The van der Waals surface area contributed by atoms with Gasteiger partial charge in [0.15, 0.2) is 0 Å². The molecule has 0 heterocycles. The van der Waals surface area contributed by atoms with Crippen LogP contribution in [-0.4, -0.2) is 32.6 Å². The van der Waals surface area contributed by atoms with E-state index >= 15 is 0 Å². The molecule has 0 saturated heterocycles. The highest BCUT2D eigenvalue weighted by atomic mass is 35.5. The quantitative estimate of drug-likeness (QED) is 0.828. The van der Waals surface area contributed by atoms with Crippen LogP contribution in [0.4, 0.5) is 5.69 Å². The monoisotopic (exact) mass is 362 g/mol. The Balaban J connectivity index is 2.01. The average Bonchev–Trinajstić information content (AvgIpc) is 2.60. The van der Waals surface area contributed by atoms with Gasteiger partial charge in [-0.2, -0.15) is 0 Å². The molecule has 0 bridgehead atoms. The predicted molar refractivity (Wildman–Crippen MR) is 96.7 cm³/mol. The van der Waals surface area contributed by atoms with Crippen molar-refractivity contribution in [1.29, 1.82) is 0 Å². The molecule has 25 heavy (non-hydrogen) atoms. The third kappa shape index (κ3) is 4.87. The van der Waals surface area contributed by atoms with Crippen molar-refractivity contribution >= 4 is 29.1 Å². The maximum Gasteiger partial charge on any atom is 0.251 e. The second kappa shape index (κ2) is 8.39. The van der Waals surface area contributed by atoms with Gasteiger partial charge in [0.25, 0.3) is 5.91 Å². The third-order valence-electron chi connectivity index (χ3n) is 3.44. The molecule has 0 aliphatic heterocycles. The van der Waals surface area contributed by atoms with E-state index in [1.807, 2.05) is 13.0 Å². The molecule has 2 amide bonds. The first-order chi connectivity index (χ1) is 11.9. The number of carbonyl (C=O) groups is 2. The lowest BCUT2D eigenvalue weighted by molar-refractivity contribution is -0.115. The summed E-state index contributed by atoms with van der Waals surface area (Å²) in [5.74, 6) is 0.114. The van der Waals surface area contributed by atoms with Gasteiger partial charge in [0.05, 0.1) is 31.5 Å². The van der Waals surface area contributed by atoms with Gasteiger partial charge >= 0.3 is 0 Å². The highest BCUT2D eigenvalue weighted by Gasteiger charge is 2.13. The van der Waals surface area contributed by atoms with E-state index < -0.39 is 5.91 Å². The van der Waals surface area contributed by atoms with Gasteiger partial charge in [0.2, 0.25) is 5.91 Å². The molecule has 6 nitrogen and oxygen atoms in total. The first kappa shape index (κ1) is 18.6. The zero-order valence-corrected chi connectivity index (χ0v) is 14.9. The van der Waals surface area contributed by atoms with Crippen LogP contribution in [0.2, 0.25) is 5.02 Å². The van der Waals surface area contributed by atoms with Crippen molar-refractivity contribution in [3.63, 3.8) is 0 Å². The van der Waals surface area contributed by atoms with Gasteiger partial charge in [0, 0.05) is 11.6 Å². The standard InChI is InChI=1S/C18H19ClN2O4/c1-11-5-4-6-12(7-11)18(23)20-10-17(22)21-14-8-13(19)15(24-2)9-16(14)25-3/h4-9H,10H2,1-3H3,(H,20,23)(H,21,22). The Kier molecular flexibility index (Phi) is 6.25. The lowest BCUT2D eigenvalue weighted by atomic mass is 10.1. The number of benzene rings is 2. The number of rotatable bonds is 6. The first-order valence-electron chi connectivity index (χ1n) is 7.51. The number of aryl methyl sites for hydroxylation is 1. The topological polar surface area (TPSA) is 76.7 Å². The summed E-state index contributed by atoms with van der Waals surface area (Å²) < 4.78 is 10.3. The second-order valence-electron chi connectivity index (χ2n) is 5.29. The van der Waals surface area contributed by atoms with Gasteiger partial charge in [-0.1, -0.05) is 29.3 Å². The van der Waals surface area contributed by atoms with Crippen LogP contribution in [0.1, 0.15) is 15.9 Å². The Hall–Kier alpha value is -2.73. The molecule has 132 valence electrons. The number of amides is 2. The van der Waals surface area contributed by atoms with E-state index in [0.29, 0.717) is 27.8 Å². The minimum absolute atomic E-state index is 0.181. The number of hydrogen-bond donors (Lipinski definition) is 2. The highest BCUT2D eigenvalue weighted by Crippen LogP contribution is 2.35. The van der Waals surface area contributed by atoms with Crippen LogP contribution in [0.5, 0.6) is 11.5 Å². The molecule has 0 aliphatic rings. The van der Waals surface area contributed by atoms with Crippen molar-refractivity contribution in [3.8, 4) is 11.5 Å². The summed E-state index contributed by atoms with van der Waals surface area (Å²) in [5, 5.41) is 5.56. The van der Waals surface area contributed by atoms with Crippen LogP contribution in [0.15, 0.2) is 36.4 Å². The van der Waals surface area contributed by atoms with E-state index in [1.165, 1.54) is 20.3 Å². The zero-order chi connectivity index (χ0) is 18.4. The molecular formula is C18H19ClN2O4. The van der Waals surface area contributed by atoms with Crippen LogP contribution in [0, 0.1) is 6.92 Å². The zero-order valence-electron chi connectivity index (χ0n) is 14.2. The van der Waals surface area contributed by atoms with E-state index in [-0.39, 0.29) is 12.5 Å². The summed E-state index contributed by atoms with van der Waals surface area (Å²) in [6, 6.07) is 10.2. The van der Waals surface area contributed by atoms with Crippen LogP contribution in [-0.2, 0) is 4.79 Å². The molecule has 0 saturated carbocycles. The normalized spacial score (nSPS) is 10.1. The molecule has 7 heteroatoms. The molecule has 0 atom stereocenters. The van der Waals surface area contributed by atoms with Gasteiger partial charge < -0.3 is 20.1 Å². The predicted octanol–water partition coefficient (Wildman–Crippen LogP) is 3.03. The number of carbonyl (C=O) groups excluding carboxylic acids is 2. The molecule has 0 aromatic heterocycles. The fourth-order valence-corrected chi connectivity index (χ4v) is 2.44. The van der Waals surface area contributed by atoms with Crippen molar-refractivity contribution in [2.45, 2.75) is 6.92 Å². The molecule has 0 aliphatic carbocycles. The van der Waals surface area contributed by atoms with Gasteiger partial charge in [-0.25, -0.2) is 0 Å². The van der Waals surface area contributed by atoms with Crippen LogP contribution >= 0.6 is 11.6 Å². The molecule has 2 aromatic carbocycles. The average molecular weight is 363 g/mol. The molecule has 2 N–H and O–H groups in total. The summed E-state index contributed by atoms with van der Waals surface area (Å²) in [6.07, 6.45) is 0. The number of methoxy groups -OCH3 is 2. The lowest BCUT2D eigenvalue weighted by Crippen LogP contribution is -2.32. The molecule has 2 aromatic rings. The van der Waals surface area contributed by atoms with E-state index in [0.717, 1.165) is 5.56 Å². The minimum atomic E-state index is -0.402. The van der Waals surface area contributed by atoms with Crippen molar-refractivity contribution in [2.24, 2.45) is 0 Å². The number of halogens is 1. The van der Waals surface area contributed by atoms with Crippen molar-refractivity contribution in [3.05, 3.63) is 52.5 Å².